The second-order valence-corrected chi connectivity index (χ2v) is 6.01. The number of hydrogen-bond acceptors (Lipinski definition) is 4. The SMILES string of the molecule is N#CSc1ccc(NC(=O)C(=O)Nc2cccc3ccccc23)cc1. The van der Waals surface area contributed by atoms with E-state index in [0.29, 0.717) is 11.4 Å². The molecule has 0 aromatic heterocycles. The zero-order valence-electron chi connectivity index (χ0n) is 13.0. The predicted molar refractivity (Wildman–Crippen MR) is 99.1 cm³/mol. The van der Waals surface area contributed by atoms with E-state index in [4.69, 9.17) is 5.26 Å². The van der Waals surface area contributed by atoms with Gasteiger partial charge in [0.2, 0.25) is 0 Å². The number of carbonyl (C=O) groups is 2. The van der Waals surface area contributed by atoms with Gasteiger partial charge < -0.3 is 10.6 Å². The van der Waals surface area contributed by atoms with Gasteiger partial charge in [0.25, 0.3) is 0 Å². The Bertz CT molecular complexity index is 973. The van der Waals surface area contributed by atoms with E-state index in [1.165, 1.54) is 0 Å². The van der Waals surface area contributed by atoms with Crippen LogP contribution in [0.2, 0.25) is 0 Å². The van der Waals surface area contributed by atoms with Crippen LogP contribution in [-0.2, 0) is 9.59 Å². The zero-order valence-corrected chi connectivity index (χ0v) is 13.8. The number of anilines is 2. The van der Waals surface area contributed by atoms with Gasteiger partial charge in [0.05, 0.1) is 0 Å². The van der Waals surface area contributed by atoms with Crippen molar-refractivity contribution in [2.24, 2.45) is 0 Å². The van der Waals surface area contributed by atoms with E-state index >= 15 is 0 Å². The maximum atomic E-state index is 12.2. The fourth-order valence-corrected chi connectivity index (χ4v) is 2.74. The van der Waals surface area contributed by atoms with E-state index in [2.05, 4.69) is 10.6 Å². The highest BCUT2D eigenvalue weighted by Crippen LogP contribution is 2.23. The summed E-state index contributed by atoms with van der Waals surface area (Å²) >= 11 is 1.03. The van der Waals surface area contributed by atoms with E-state index in [1.807, 2.05) is 41.8 Å². The lowest BCUT2D eigenvalue weighted by Gasteiger charge is -2.09. The van der Waals surface area contributed by atoms with Crippen LogP contribution in [0.3, 0.4) is 0 Å². The number of thiocyanates is 1. The van der Waals surface area contributed by atoms with E-state index in [9.17, 15) is 9.59 Å². The van der Waals surface area contributed by atoms with Gasteiger partial charge in [-0.05, 0) is 47.5 Å². The molecule has 0 spiro atoms. The molecule has 6 heteroatoms. The molecule has 0 unspecified atom stereocenters. The minimum Gasteiger partial charge on any atom is -0.318 e. The first-order valence-corrected chi connectivity index (χ1v) is 8.25. The maximum absolute atomic E-state index is 12.2. The Hall–Kier alpha value is -3.30. The molecule has 0 aliphatic rings. The highest BCUT2D eigenvalue weighted by Gasteiger charge is 2.15. The van der Waals surface area contributed by atoms with E-state index in [-0.39, 0.29) is 0 Å². The fourth-order valence-electron chi connectivity index (χ4n) is 2.36. The summed E-state index contributed by atoms with van der Waals surface area (Å²) in [6, 6.07) is 19.8. The lowest BCUT2D eigenvalue weighted by atomic mass is 10.1. The van der Waals surface area contributed by atoms with Crippen LogP contribution in [0.25, 0.3) is 10.8 Å². The molecule has 25 heavy (non-hydrogen) atoms. The molecule has 0 saturated heterocycles. The summed E-state index contributed by atoms with van der Waals surface area (Å²) in [5.74, 6) is -1.50. The number of thioether (sulfide) groups is 1. The zero-order chi connectivity index (χ0) is 17.6. The molecule has 0 aliphatic carbocycles. The van der Waals surface area contributed by atoms with Crippen LogP contribution in [0, 0.1) is 10.7 Å². The summed E-state index contributed by atoms with van der Waals surface area (Å²) in [5, 5.41) is 17.6. The minimum absolute atomic E-state index is 0.486. The van der Waals surface area contributed by atoms with Gasteiger partial charge in [-0.2, -0.15) is 5.26 Å². The summed E-state index contributed by atoms with van der Waals surface area (Å²) in [7, 11) is 0. The molecular formula is C19H13N3O2S. The Balaban J connectivity index is 1.70. The molecular weight excluding hydrogens is 334 g/mol. The monoisotopic (exact) mass is 347 g/mol. The van der Waals surface area contributed by atoms with E-state index in [1.54, 1.807) is 30.3 Å². The summed E-state index contributed by atoms with van der Waals surface area (Å²) < 4.78 is 0. The average Bonchev–Trinajstić information content (AvgIpc) is 2.64. The number of nitrogens with zero attached hydrogens (tertiary/aromatic N) is 1. The lowest BCUT2D eigenvalue weighted by molar-refractivity contribution is -0.132. The second kappa shape index (κ2) is 7.51. The third kappa shape index (κ3) is 3.97. The molecule has 3 aromatic carbocycles. The molecule has 3 rings (SSSR count). The smallest absolute Gasteiger partial charge is 0.314 e. The fraction of sp³-hybridized carbons (Fsp3) is 0. The molecule has 2 N–H and O–H groups in total. The first-order valence-electron chi connectivity index (χ1n) is 7.43. The lowest BCUT2D eigenvalue weighted by Crippen LogP contribution is -2.29. The highest BCUT2D eigenvalue weighted by atomic mass is 32.2. The molecule has 0 atom stereocenters. The van der Waals surface area contributed by atoms with Gasteiger partial charge in [0.15, 0.2) is 0 Å². The van der Waals surface area contributed by atoms with Gasteiger partial charge in [-0.1, -0.05) is 36.4 Å². The van der Waals surface area contributed by atoms with Crippen LogP contribution >= 0.6 is 11.8 Å². The molecule has 3 aromatic rings. The van der Waals surface area contributed by atoms with E-state index in [0.717, 1.165) is 27.4 Å². The largest absolute Gasteiger partial charge is 0.318 e. The Morgan fingerprint density at radius 3 is 2.28 bits per heavy atom. The van der Waals surface area contributed by atoms with Gasteiger partial charge in [0.1, 0.15) is 5.40 Å². The highest BCUT2D eigenvalue weighted by molar-refractivity contribution is 8.03. The predicted octanol–water partition coefficient (Wildman–Crippen LogP) is 3.99. The molecule has 5 nitrogen and oxygen atoms in total. The summed E-state index contributed by atoms with van der Waals surface area (Å²) in [4.78, 5) is 25.0. The van der Waals surface area contributed by atoms with E-state index < -0.39 is 11.8 Å². The van der Waals surface area contributed by atoms with Crippen LogP contribution < -0.4 is 10.6 Å². The van der Waals surface area contributed by atoms with Crippen molar-refractivity contribution in [2.45, 2.75) is 4.90 Å². The number of fused-ring (bicyclic) bond motifs is 1. The third-order valence-corrected chi connectivity index (χ3v) is 4.12. The maximum Gasteiger partial charge on any atom is 0.314 e. The molecule has 0 saturated carbocycles. The van der Waals surface area contributed by atoms with Crippen molar-refractivity contribution in [3.05, 3.63) is 66.7 Å². The van der Waals surface area contributed by atoms with Crippen molar-refractivity contribution >= 4 is 45.7 Å². The summed E-state index contributed by atoms with van der Waals surface area (Å²) in [5.41, 5.74) is 1.07. The van der Waals surface area contributed by atoms with Crippen LogP contribution in [-0.4, -0.2) is 11.8 Å². The van der Waals surface area contributed by atoms with Crippen LogP contribution in [0.15, 0.2) is 71.6 Å². The number of hydrogen-bond donors (Lipinski definition) is 2. The van der Waals surface area contributed by atoms with Crippen molar-refractivity contribution in [3.8, 4) is 5.40 Å². The number of carbonyl (C=O) groups excluding carboxylic acids is 2. The number of nitrogens with one attached hydrogen (secondary N) is 2. The van der Waals surface area contributed by atoms with Gasteiger partial charge in [-0.3, -0.25) is 9.59 Å². The average molecular weight is 347 g/mol. The number of benzene rings is 3. The van der Waals surface area contributed by atoms with Gasteiger partial charge in [-0.15, -0.1) is 0 Å². The molecule has 0 aliphatic heterocycles. The number of amides is 2. The normalized spacial score (nSPS) is 10.0. The quantitative estimate of drug-likeness (QED) is 0.426. The first kappa shape index (κ1) is 16.6. The van der Waals surface area contributed by atoms with Crippen LogP contribution in [0.4, 0.5) is 11.4 Å². The molecule has 0 bridgehead atoms. The van der Waals surface area contributed by atoms with Crippen molar-refractivity contribution in [1.29, 1.82) is 5.26 Å². The third-order valence-electron chi connectivity index (χ3n) is 3.52. The first-order chi connectivity index (χ1) is 12.2. The molecule has 122 valence electrons. The molecule has 0 radical (unpaired) electrons. The summed E-state index contributed by atoms with van der Waals surface area (Å²) in [6.07, 6.45) is 0. The van der Waals surface area contributed by atoms with Crippen molar-refractivity contribution in [3.63, 3.8) is 0 Å². The minimum atomic E-state index is -0.756. The summed E-state index contributed by atoms with van der Waals surface area (Å²) in [6.45, 7) is 0. The van der Waals surface area contributed by atoms with Gasteiger partial charge in [-0.25, -0.2) is 0 Å². The molecule has 0 fully saturated rings. The Morgan fingerprint density at radius 1 is 0.840 bits per heavy atom. The van der Waals surface area contributed by atoms with Crippen molar-refractivity contribution < 1.29 is 9.59 Å². The van der Waals surface area contributed by atoms with Gasteiger partial charge in [0, 0.05) is 21.7 Å². The second-order valence-electron chi connectivity index (χ2n) is 5.15. The molecule has 0 heterocycles. The number of nitriles is 1. The van der Waals surface area contributed by atoms with Crippen molar-refractivity contribution in [2.75, 3.05) is 10.6 Å². The Kier molecular flexibility index (Phi) is 4.97. The Morgan fingerprint density at radius 2 is 1.52 bits per heavy atom. The molecule has 2 amide bonds. The van der Waals surface area contributed by atoms with Crippen LogP contribution in [0.5, 0.6) is 0 Å². The van der Waals surface area contributed by atoms with Gasteiger partial charge >= 0.3 is 11.8 Å². The number of rotatable bonds is 3. The Labute approximate surface area is 148 Å². The van der Waals surface area contributed by atoms with Crippen LogP contribution in [0.1, 0.15) is 0 Å². The standard InChI is InChI=1S/C19H13N3O2S/c20-12-25-15-10-8-14(9-11-15)21-18(23)19(24)22-17-7-3-5-13-4-1-2-6-16(13)17/h1-11H,(H,21,23)(H,22,24). The topological polar surface area (TPSA) is 82.0 Å². The van der Waals surface area contributed by atoms with Crippen molar-refractivity contribution in [1.82, 2.24) is 0 Å².